The van der Waals surface area contributed by atoms with Gasteiger partial charge in [-0.3, -0.25) is 4.21 Å². The molecule has 2 N–H and O–H groups in total. The summed E-state index contributed by atoms with van der Waals surface area (Å²) < 4.78 is 16.0. The smallest absolute Gasteiger partial charge is 0.329 e. The average molecular weight is 292 g/mol. The van der Waals surface area contributed by atoms with Gasteiger partial charge in [0.15, 0.2) is 0 Å². The molecule has 19 heavy (non-hydrogen) atoms. The number of likely N-dealkylation sites (tertiary alicyclic amines) is 1. The molecule has 0 spiro atoms. The van der Waals surface area contributed by atoms with E-state index < -0.39 is 16.8 Å². The largest absolute Gasteiger partial charge is 0.480 e. The molecule has 1 heterocycles. The number of aliphatic carboxylic acids is 1. The van der Waals surface area contributed by atoms with Gasteiger partial charge in [0, 0.05) is 42.4 Å². The Bertz CT molecular complexity index is 342. The Hall–Kier alpha value is -1.15. The number of carbonyl (C=O) groups excluding carboxylic acids is 1. The monoisotopic (exact) mass is 292 g/mol. The van der Waals surface area contributed by atoms with Gasteiger partial charge in [0.25, 0.3) is 0 Å². The zero-order chi connectivity index (χ0) is 14.3. The number of rotatable bonds is 6. The number of carboxylic acids is 1. The van der Waals surface area contributed by atoms with Gasteiger partial charge in [0.2, 0.25) is 0 Å². The Morgan fingerprint density at radius 3 is 2.58 bits per heavy atom. The normalized spacial score (nSPS) is 18.1. The number of piperidine rings is 1. The number of ether oxygens (including phenoxy) is 1. The Balaban J connectivity index is 2.19. The van der Waals surface area contributed by atoms with Crippen molar-refractivity contribution in [1.82, 2.24) is 10.2 Å². The first-order chi connectivity index (χ1) is 8.99. The molecule has 0 aromatic carbocycles. The van der Waals surface area contributed by atoms with Crippen LogP contribution < -0.4 is 5.32 Å². The van der Waals surface area contributed by atoms with Crippen molar-refractivity contribution in [1.29, 1.82) is 0 Å². The zero-order valence-electron chi connectivity index (χ0n) is 11.0. The average Bonchev–Trinajstić information content (AvgIpc) is 2.36. The Kier molecular flexibility index (Phi) is 6.79. The highest BCUT2D eigenvalue weighted by molar-refractivity contribution is 7.84. The zero-order valence-corrected chi connectivity index (χ0v) is 11.8. The van der Waals surface area contributed by atoms with E-state index in [1.807, 2.05) is 0 Å². The van der Waals surface area contributed by atoms with E-state index in [0.29, 0.717) is 38.2 Å². The van der Waals surface area contributed by atoms with E-state index in [2.05, 4.69) is 5.32 Å². The van der Waals surface area contributed by atoms with E-state index in [1.165, 1.54) is 0 Å². The molecule has 8 heteroatoms. The summed E-state index contributed by atoms with van der Waals surface area (Å²) in [5.74, 6) is -0.531. The van der Waals surface area contributed by atoms with Crippen LogP contribution in [0.4, 0.5) is 4.79 Å². The van der Waals surface area contributed by atoms with Crippen molar-refractivity contribution in [2.45, 2.75) is 18.9 Å². The van der Waals surface area contributed by atoms with Crippen molar-refractivity contribution < 1.29 is 23.6 Å². The van der Waals surface area contributed by atoms with Crippen LogP contribution in [-0.4, -0.2) is 70.6 Å². The van der Waals surface area contributed by atoms with Gasteiger partial charge in [-0.2, -0.15) is 0 Å². The summed E-state index contributed by atoms with van der Waals surface area (Å²) in [5, 5.41) is 11.2. The maximum atomic E-state index is 11.7. The highest BCUT2D eigenvalue weighted by atomic mass is 32.2. The van der Waals surface area contributed by atoms with Gasteiger partial charge >= 0.3 is 12.0 Å². The van der Waals surface area contributed by atoms with Crippen LogP contribution in [0.2, 0.25) is 0 Å². The third kappa shape index (κ3) is 6.53. The summed E-state index contributed by atoms with van der Waals surface area (Å²) in [6, 6.07) is -0.165. The summed E-state index contributed by atoms with van der Waals surface area (Å²) >= 11 is 0. The van der Waals surface area contributed by atoms with Crippen molar-refractivity contribution >= 4 is 22.8 Å². The third-order valence-corrected chi connectivity index (χ3v) is 3.62. The van der Waals surface area contributed by atoms with Gasteiger partial charge in [-0.05, 0) is 12.8 Å². The molecule has 2 amide bonds. The lowest BCUT2D eigenvalue weighted by atomic mass is 10.1. The maximum absolute atomic E-state index is 11.7. The SMILES string of the molecule is CS(=O)CCNC(=O)N1CCC(OCC(=O)O)CC1. The molecule has 0 bridgehead atoms. The van der Waals surface area contributed by atoms with Gasteiger partial charge in [-0.25, -0.2) is 9.59 Å². The van der Waals surface area contributed by atoms with Gasteiger partial charge in [-0.1, -0.05) is 0 Å². The molecular formula is C11H20N2O5S. The fraction of sp³-hybridized carbons (Fsp3) is 0.818. The lowest BCUT2D eigenvalue weighted by Crippen LogP contribution is -2.46. The molecule has 1 saturated heterocycles. The molecule has 1 rings (SSSR count). The Morgan fingerprint density at radius 1 is 1.42 bits per heavy atom. The predicted octanol–water partition coefficient (Wildman–Crippen LogP) is -0.360. The van der Waals surface area contributed by atoms with Crippen LogP contribution in [0.1, 0.15) is 12.8 Å². The minimum atomic E-state index is -0.979. The fourth-order valence-electron chi connectivity index (χ4n) is 1.83. The number of carbonyl (C=O) groups is 2. The fourth-order valence-corrected chi connectivity index (χ4v) is 2.22. The van der Waals surface area contributed by atoms with E-state index in [-0.39, 0.29) is 18.7 Å². The van der Waals surface area contributed by atoms with Crippen LogP contribution in [0.5, 0.6) is 0 Å². The molecule has 1 fully saturated rings. The van der Waals surface area contributed by atoms with Crippen LogP contribution in [-0.2, 0) is 20.3 Å². The Labute approximate surface area is 114 Å². The van der Waals surface area contributed by atoms with E-state index in [0.717, 1.165) is 0 Å². The lowest BCUT2D eigenvalue weighted by molar-refractivity contribution is -0.145. The molecule has 7 nitrogen and oxygen atoms in total. The van der Waals surface area contributed by atoms with Gasteiger partial charge in [0.05, 0.1) is 6.10 Å². The minimum absolute atomic E-state index is 0.0942. The van der Waals surface area contributed by atoms with E-state index in [1.54, 1.807) is 11.2 Å². The molecule has 1 unspecified atom stereocenters. The van der Waals surface area contributed by atoms with Crippen LogP contribution in [0.3, 0.4) is 0 Å². The van der Waals surface area contributed by atoms with Crippen LogP contribution in [0.15, 0.2) is 0 Å². The van der Waals surface area contributed by atoms with Crippen molar-refractivity contribution in [2.75, 3.05) is 38.2 Å². The van der Waals surface area contributed by atoms with Crippen molar-refractivity contribution in [3.05, 3.63) is 0 Å². The van der Waals surface area contributed by atoms with E-state index >= 15 is 0 Å². The molecule has 1 aliphatic heterocycles. The summed E-state index contributed by atoms with van der Waals surface area (Å²) in [4.78, 5) is 23.8. The topological polar surface area (TPSA) is 95.9 Å². The van der Waals surface area contributed by atoms with Crippen LogP contribution in [0, 0.1) is 0 Å². The minimum Gasteiger partial charge on any atom is -0.480 e. The molecule has 1 atom stereocenters. The number of carboxylic acid groups (broad SMARTS) is 1. The van der Waals surface area contributed by atoms with Gasteiger partial charge in [-0.15, -0.1) is 0 Å². The Morgan fingerprint density at radius 2 is 2.05 bits per heavy atom. The van der Waals surface area contributed by atoms with Crippen molar-refractivity contribution in [2.24, 2.45) is 0 Å². The molecule has 0 aromatic rings. The van der Waals surface area contributed by atoms with E-state index in [9.17, 15) is 13.8 Å². The van der Waals surface area contributed by atoms with Crippen molar-refractivity contribution in [3.63, 3.8) is 0 Å². The molecule has 0 aliphatic carbocycles. The molecule has 0 aromatic heterocycles. The summed E-state index contributed by atoms with van der Waals surface area (Å²) in [7, 11) is -0.909. The first kappa shape index (κ1) is 15.9. The number of nitrogens with one attached hydrogen (secondary N) is 1. The highest BCUT2D eigenvalue weighted by Crippen LogP contribution is 2.13. The highest BCUT2D eigenvalue weighted by Gasteiger charge is 2.23. The number of urea groups is 1. The predicted molar refractivity (Wildman–Crippen MR) is 70.5 cm³/mol. The molecule has 0 saturated carbocycles. The molecule has 1 aliphatic rings. The molecular weight excluding hydrogens is 272 g/mol. The van der Waals surface area contributed by atoms with Crippen LogP contribution in [0.25, 0.3) is 0 Å². The number of nitrogens with zero attached hydrogens (tertiary/aromatic N) is 1. The number of hydrogen-bond acceptors (Lipinski definition) is 4. The van der Waals surface area contributed by atoms with Crippen LogP contribution >= 0.6 is 0 Å². The van der Waals surface area contributed by atoms with Gasteiger partial charge in [0.1, 0.15) is 6.61 Å². The summed E-state index contributed by atoms with van der Waals surface area (Å²) in [6.45, 7) is 1.20. The second-order valence-corrected chi connectivity index (χ2v) is 5.96. The van der Waals surface area contributed by atoms with E-state index in [4.69, 9.17) is 9.84 Å². The molecule has 0 radical (unpaired) electrons. The first-order valence-electron chi connectivity index (χ1n) is 6.15. The number of amides is 2. The summed E-state index contributed by atoms with van der Waals surface area (Å²) in [6.07, 6.45) is 2.78. The second-order valence-electron chi connectivity index (χ2n) is 4.40. The standard InChI is InChI=1S/C11H20N2O5S/c1-19(17)7-4-12-11(16)13-5-2-9(3-6-13)18-8-10(14)15/h9H,2-8H2,1H3,(H,12,16)(H,14,15). The third-order valence-electron chi connectivity index (χ3n) is 2.84. The number of hydrogen-bond donors (Lipinski definition) is 2. The maximum Gasteiger partial charge on any atom is 0.329 e. The quantitative estimate of drug-likeness (QED) is 0.697. The van der Waals surface area contributed by atoms with Crippen molar-refractivity contribution in [3.8, 4) is 0 Å². The summed E-state index contributed by atoms with van der Waals surface area (Å²) in [5.41, 5.74) is 0. The molecule has 110 valence electrons. The first-order valence-corrected chi connectivity index (χ1v) is 7.88. The van der Waals surface area contributed by atoms with Gasteiger partial charge < -0.3 is 20.1 Å². The second kappa shape index (κ2) is 8.11. The lowest BCUT2D eigenvalue weighted by Gasteiger charge is -2.31.